The van der Waals surface area contributed by atoms with Crippen molar-refractivity contribution in [3.05, 3.63) is 72.9 Å². The van der Waals surface area contributed by atoms with Crippen LogP contribution in [0.15, 0.2) is 77.8 Å². The summed E-state index contributed by atoms with van der Waals surface area (Å²) in [5, 5.41) is 2.70. The topological polar surface area (TPSA) is 107 Å². The molecule has 2 N–H and O–H groups in total. The number of pyridine rings is 1. The van der Waals surface area contributed by atoms with Crippen LogP contribution < -0.4 is 19.5 Å². The van der Waals surface area contributed by atoms with Gasteiger partial charge in [-0.1, -0.05) is 12.1 Å². The number of aromatic nitrogens is 1. The van der Waals surface area contributed by atoms with Crippen molar-refractivity contribution < 1.29 is 22.7 Å². The van der Waals surface area contributed by atoms with Gasteiger partial charge in [0.05, 0.1) is 12.0 Å². The Balaban J connectivity index is 1.62. The van der Waals surface area contributed by atoms with Gasteiger partial charge in [0.25, 0.3) is 15.9 Å². The Hall–Kier alpha value is -3.59. The molecule has 0 bridgehead atoms. The smallest absolute Gasteiger partial charge is 0.265 e. The summed E-state index contributed by atoms with van der Waals surface area (Å²) in [7, 11) is -2.24. The van der Waals surface area contributed by atoms with Gasteiger partial charge in [0.1, 0.15) is 17.3 Å². The lowest BCUT2D eigenvalue weighted by atomic mass is 10.3. The van der Waals surface area contributed by atoms with Crippen LogP contribution in [0.5, 0.6) is 11.5 Å². The fourth-order valence-corrected chi connectivity index (χ4v) is 3.52. The number of amides is 1. The van der Waals surface area contributed by atoms with Gasteiger partial charge < -0.3 is 14.8 Å². The number of carbonyl (C=O) groups excluding carboxylic acids is 1. The number of ether oxygens (including phenoxy) is 2. The molecule has 0 spiro atoms. The molecule has 156 valence electrons. The first-order chi connectivity index (χ1) is 14.4. The third-order valence-corrected chi connectivity index (χ3v) is 5.43. The van der Waals surface area contributed by atoms with Crippen LogP contribution in [-0.4, -0.2) is 32.5 Å². The number of rotatable bonds is 8. The van der Waals surface area contributed by atoms with Crippen LogP contribution in [0.3, 0.4) is 0 Å². The van der Waals surface area contributed by atoms with Crippen molar-refractivity contribution in [2.75, 3.05) is 17.1 Å². The summed E-state index contributed by atoms with van der Waals surface area (Å²) >= 11 is 0. The van der Waals surface area contributed by atoms with Gasteiger partial charge in [0, 0.05) is 18.0 Å². The Kier molecular flexibility index (Phi) is 6.53. The van der Waals surface area contributed by atoms with E-state index in [1.807, 2.05) is 0 Å². The third-order valence-electron chi connectivity index (χ3n) is 4.06. The molecule has 0 aliphatic heterocycles. The number of carbonyl (C=O) groups is 1. The summed E-state index contributed by atoms with van der Waals surface area (Å²) < 4.78 is 38.0. The van der Waals surface area contributed by atoms with E-state index in [-0.39, 0.29) is 16.6 Å². The number of sulfonamides is 1. The fraction of sp³-hybridized carbons (Fsp3) is 0.143. The van der Waals surface area contributed by atoms with Gasteiger partial charge in [-0.15, -0.1) is 0 Å². The predicted octanol–water partition coefficient (Wildman–Crippen LogP) is 3.30. The summed E-state index contributed by atoms with van der Waals surface area (Å²) in [6.07, 6.45) is 0.719. The van der Waals surface area contributed by atoms with Crippen molar-refractivity contribution in [3.63, 3.8) is 0 Å². The van der Waals surface area contributed by atoms with Crippen molar-refractivity contribution in [3.8, 4) is 11.5 Å². The van der Waals surface area contributed by atoms with Crippen LogP contribution in [0.1, 0.15) is 6.92 Å². The van der Waals surface area contributed by atoms with Gasteiger partial charge in [-0.3, -0.25) is 9.52 Å². The van der Waals surface area contributed by atoms with Crippen LogP contribution in [0.4, 0.5) is 11.5 Å². The third kappa shape index (κ3) is 5.48. The SMILES string of the molecule is COc1cccc(O[C@@H](C)C(=O)Nc2ccc(S(=O)(=O)Nc3ccccn3)cc2)c1. The molecule has 1 atom stereocenters. The van der Waals surface area contributed by atoms with Crippen LogP contribution in [0.2, 0.25) is 0 Å². The molecular weight excluding hydrogens is 406 g/mol. The van der Waals surface area contributed by atoms with E-state index in [1.54, 1.807) is 56.5 Å². The molecule has 8 nitrogen and oxygen atoms in total. The predicted molar refractivity (Wildman–Crippen MR) is 113 cm³/mol. The normalized spacial score (nSPS) is 11.9. The molecule has 0 unspecified atom stereocenters. The number of nitrogens with zero attached hydrogens (tertiary/aromatic N) is 1. The fourth-order valence-electron chi connectivity index (χ4n) is 2.51. The van der Waals surface area contributed by atoms with Crippen molar-refractivity contribution >= 4 is 27.4 Å². The average Bonchev–Trinajstić information content (AvgIpc) is 2.74. The number of methoxy groups -OCH3 is 1. The summed E-state index contributed by atoms with van der Waals surface area (Å²) in [5.41, 5.74) is 0.442. The van der Waals surface area contributed by atoms with Crippen LogP contribution >= 0.6 is 0 Å². The summed E-state index contributed by atoms with van der Waals surface area (Å²) in [5.74, 6) is 0.966. The van der Waals surface area contributed by atoms with Crippen LogP contribution in [-0.2, 0) is 14.8 Å². The van der Waals surface area contributed by atoms with Crippen molar-refractivity contribution in [2.45, 2.75) is 17.9 Å². The van der Waals surface area contributed by atoms with E-state index in [4.69, 9.17) is 9.47 Å². The first kappa shape index (κ1) is 21.1. The second-order valence-electron chi connectivity index (χ2n) is 6.27. The minimum Gasteiger partial charge on any atom is -0.497 e. The largest absolute Gasteiger partial charge is 0.497 e. The molecule has 0 saturated carbocycles. The second-order valence-corrected chi connectivity index (χ2v) is 7.96. The quantitative estimate of drug-likeness (QED) is 0.571. The van der Waals surface area contributed by atoms with Crippen molar-refractivity contribution in [2.24, 2.45) is 0 Å². The number of benzene rings is 2. The lowest BCUT2D eigenvalue weighted by Crippen LogP contribution is -2.30. The number of nitrogens with one attached hydrogen (secondary N) is 2. The highest BCUT2D eigenvalue weighted by Gasteiger charge is 2.17. The number of hydrogen-bond acceptors (Lipinski definition) is 6. The molecule has 30 heavy (non-hydrogen) atoms. The zero-order valence-corrected chi connectivity index (χ0v) is 17.2. The number of anilines is 2. The highest BCUT2D eigenvalue weighted by atomic mass is 32.2. The van der Waals surface area contributed by atoms with E-state index in [2.05, 4.69) is 15.0 Å². The second kappa shape index (κ2) is 9.27. The summed E-state index contributed by atoms with van der Waals surface area (Å²) in [4.78, 5) is 16.4. The molecule has 0 radical (unpaired) electrons. The molecule has 1 amide bonds. The molecule has 0 saturated heterocycles. The van der Waals surface area contributed by atoms with Gasteiger partial charge in [-0.05, 0) is 55.5 Å². The highest BCUT2D eigenvalue weighted by Crippen LogP contribution is 2.21. The Morgan fingerprint density at radius 3 is 2.40 bits per heavy atom. The molecule has 0 aliphatic carbocycles. The molecular formula is C21H21N3O5S. The maximum absolute atomic E-state index is 12.4. The van der Waals surface area contributed by atoms with E-state index in [0.717, 1.165) is 0 Å². The van der Waals surface area contributed by atoms with Crippen LogP contribution in [0.25, 0.3) is 0 Å². The molecule has 2 aromatic carbocycles. The van der Waals surface area contributed by atoms with Gasteiger partial charge in [-0.2, -0.15) is 0 Å². The molecule has 1 aromatic heterocycles. The Morgan fingerprint density at radius 2 is 1.73 bits per heavy atom. The molecule has 0 aliphatic rings. The first-order valence-corrected chi connectivity index (χ1v) is 10.5. The highest BCUT2D eigenvalue weighted by molar-refractivity contribution is 7.92. The van der Waals surface area contributed by atoms with E-state index >= 15 is 0 Å². The minimum absolute atomic E-state index is 0.0480. The van der Waals surface area contributed by atoms with E-state index in [0.29, 0.717) is 17.2 Å². The van der Waals surface area contributed by atoms with Crippen molar-refractivity contribution in [1.29, 1.82) is 0 Å². The van der Waals surface area contributed by atoms with Gasteiger partial charge in [-0.25, -0.2) is 13.4 Å². The first-order valence-electron chi connectivity index (χ1n) is 9.03. The minimum atomic E-state index is -3.78. The Bertz CT molecular complexity index is 1100. The lowest BCUT2D eigenvalue weighted by Gasteiger charge is -2.15. The van der Waals surface area contributed by atoms with Gasteiger partial charge in [0.2, 0.25) is 0 Å². The molecule has 9 heteroatoms. The zero-order valence-electron chi connectivity index (χ0n) is 16.4. The summed E-state index contributed by atoms with van der Waals surface area (Å²) in [6.45, 7) is 1.62. The van der Waals surface area contributed by atoms with E-state index in [9.17, 15) is 13.2 Å². The molecule has 1 heterocycles. The van der Waals surface area contributed by atoms with Gasteiger partial charge in [0.15, 0.2) is 6.10 Å². The average molecular weight is 427 g/mol. The van der Waals surface area contributed by atoms with Crippen molar-refractivity contribution in [1.82, 2.24) is 4.98 Å². The molecule has 3 aromatic rings. The molecule has 3 rings (SSSR count). The lowest BCUT2D eigenvalue weighted by molar-refractivity contribution is -0.122. The van der Waals surface area contributed by atoms with E-state index < -0.39 is 16.1 Å². The standard InChI is InChI=1S/C21H21N3O5S/c1-15(29-18-7-5-6-17(14-18)28-2)21(25)23-16-9-11-19(12-10-16)30(26,27)24-20-8-3-4-13-22-20/h3-15H,1-2H3,(H,22,24)(H,23,25)/t15-/m0/s1. The Morgan fingerprint density at radius 1 is 1.00 bits per heavy atom. The maximum atomic E-state index is 12.4. The Labute approximate surface area is 174 Å². The number of hydrogen-bond donors (Lipinski definition) is 2. The molecule has 0 fully saturated rings. The summed E-state index contributed by atoms with van der Waals surface area (Å²) in [6, 6.07) is 17.7. The monoisotopic (exact) mass is 427 g/mol. The zero-order chi connectivity index (χ0) is 21.6. The van der Waals surface area contributed by atoms with E-state index in [1.165, 1.54) is 30.5 Å². The maximum Gasteiger partial charge on any atom is 0.265 e. The van der Waals surface area contributed by atoms with Crippen LogP contribution in [0, 0.1) is 0 Å². The van der Waals surface area contributed by atoms with Gasteiger partial charge >= 0.3 is 0 Å².